The highest BCUT2D eigenvalue weighted by Crippen LogP contribution is 2.25. The number of hydrogen-bond acceptors (Lipinski definition) is 4. The van der Waals surface area contributed by atoms with Crippen LogP contribution in [0.5, 0.6) is 0 Å². The van der Waals surface area contributed by atoms with E-state index in [2.05, 4.69) is 10.3 Å². The molecule has 0 spiro atoms. The summed E-state index contributed by atoms with van der Waals surface area (Å²) in [6, 6.07) is 5.13. The number of benzene rings is 1. The van der Waals surface area contributed by atoms with Crippen molar-refractivity contribution < 1.29 is 19.8 Å². The van der Waals surface area contributed by atoms with Crippen molar-refractivity contribution in [1.82, 2.24) is 10.3 Å². The Morgan fingerprint density at radius 1 is 1.43 bits per heavy atom. The molecular formula is C15H18N2O4. The van der Waals surface area contributed by atoms with Crippen molar-refractivity contribution in [3.05, 3.63) is 35.5 Å². The number of nitrogens with one attached hydrogen (secondary N) is 2. The average Bonchev–Trinajstić information content (AvgIpc) is 2.88. The molecule has 0 aliphatic carbocycles. The molecular weight excluding hydrogens is 272 g/mol. The van der Waals surface area contributed by atoms with Gasteiger partial charge >= 0.3 is 0 Å². The Hall–Kier alpha value is -2.18. The van der Waals surface area contributed by atoms with E-state index in [1.807, 2.05) is 0 Å². The molecule has 0 saturated heterocycles. The SMILES string of the molecule is CC(=O)NCCC(O)C(O)c1ccc2[nH]cc(C=O)c2c1. The highest BCUT2D eigenvalue weighted by molar-refractivity contribution is 5.97. The lowest BCUT2D eigenvalue weighted by Gasteiger charge is -2.18. The first-order chi connectivity index (χ1) is 10.0. The number of carbonyl (C=O) groups excluding carboxylic acids is 2. The van der Waals surface area contributed by atoms with Gasteiger partial charge in [0.05, 0.1) is 6.10 Å². The van der Waals surface area contributed by atoms with Crippen LogP contribution in [-0.2, 0) is 4.79 Å². The molecule has 112 valence electrons. The lowest BCUT2D eigenvalue weighted by Crippen LogP contribution is -2.27. The lowest BCUT2D eigenvalue weighted by molar-refractivity contribution is -0.119. The van der Waals surface area contributed by atoms with Crippen molar-refractivity contribution in [3.63, 3.8) is 0 Å². The Balaban J connectivity index is 2.12. The molecule has 0 aliphatic rings. The van der Waals surface area contributed by atoms with Crippen molar-refractivity contribution >= 4 is 23.1 Å². The summed E-state index contributed by atoms with van der Waals surface area (Å²) in [5.41, 5.74) is 1.83. The standard InChI is InChI=1S/C15H18N2O4/c1-9(19)16-5-4-14(20)15(21)10-2-3-13-12(6-10)11(8-18)7-17-13/h2-3,6-8,14-15,17,20-21H,4-5H2,1H3,(H,16,19). The number of aliphatic hydroxyl groups excluding tert-OH is 2. The van der Waals surface area contributed by atoms with Crippen LogP contribution in [0.1, 0.15) is 35.4 Å². The van der Waals surface area contributed by atoms with Gasteiger partial charge in [-0.15, -0.1) is 0 Å². The van der Waals surface area contributed by atoms with Gasteiger partial charge in [0.2, 0.25) is 5.91 Å². The van der Waals surface area contributed by atoms with Gasteiger partial charge in [0.25, 0.3) is 0 Å². The van der Waals surface area contributed by atoms with E-state index < -0.39 is 12.2 Å². The van der Waals surface area contributed by atoms with Crippen LogP contribution >= 0.6 is 0 Å². The van der Waals surface area contributed by atoms with Gasteiger partial charge in [0.15, 0.2) is 6.29 Å². The average molecular weight is 290 g/mol. The van der Waals surface area contributed by atoms with Crippen LogP contribution in [0.15, 0.2) is 24.4 Å². The quantitative estimate of drug-likeness (QED) is 0.594. The minimum Gasteiger partial charge on any atom is -0.390 e. The van der Waals surface area contributed by atoms with Crippen molar-refractivity contribution in [2.45, 2.75) is 25.6 Å². The van der Waals surface area contributed by atoms with E-state index in [-0.39, 0.29) is 12.3 Å². The van der Waals surface area contributed by atoms with Gasteiger partial charge in [-0.1, -0.05) is 6.07 Å². The normalized spacial score (nSPS) is 13.9. The largest absolute Gasteiger partial charge is 0.390 e. The third-order valence-electron chi connectivity index (χ3n) is 3.38. The Morgan fingerprint density at radius 3 is 2.86 bits per heavy atom. The first kappa shape index (κ1) is 15.2. The molecule has 4 N–H and O–H groups in total. The number of fused-ring (bicyclic) bond motifs is 1. The number of H-pyrrole nitrogens is 1. The third-order valence-corrected chi connectivity index (χ3v) is 3.38. The molecule has 2 rings (SSSR count). The molecule has 0 saturated carbocycles. The van der Waals surface area contributed by atoms with Crippen molar-refractivity contribution in [3.8, 4) is 0 Å². The first-order valence-electron chi connectivity index (χ1n) is 6.69. The van der Waals surface area contributed by atoms with Gasteiger partial charge in [-0.2, -0.15) is 0 Å². The second-order valence-electron chi connectivity index (χ2n) is 4.95. The zero-order valence-corrected chi connectivity index (χ0v) is 11.7. The molecule has 1 amide bonds. The predicted molar refractivity (Wildman–Crippen MR) is 78.0 cm³/mol. The van der Waals surface area contributed by atoms with Gasteiger partial charge in [-0.3, -0.25) is 9.59 Å². The molecule has 6 nitrogen and oxygen atoms in total. The molecule has 0 bridgehead atoms. The molecule has 1 aromatic heterocycles. The van der Waals surface area contributed by atoms with Crippen LogP contribution in [0.2, 0.25) is 0 Å². The Morgan fingerprint density at radius 2 is 2.19 bits per heavy atom. The second kappa shape index (κ2) is 6.51. The Kier molecular flexibility index (Phi) is 4.72. The molecule has 21 heavy (non-hydrogen) atoms. The van der Waals surface area contributed by atoms with Crippen molar-refractivity contribution in [2.75, 3.05) is 6.54 Å². The summed E-state index contributed by atoms with van der Waals surface area (Å²) in [4.78, 5) is 24.6. The van der Waals surface area contributed by atoms with Gasteiger partial charge < -0.3 is 20.5 Å². The molecule has 1 heterocycles. The van der Waals surface area contributed by atoms with E-state index in [1.54, 1.807) is 24.4 Å². The van der Waals surface area contributed by atoms with Crippen molar-refractivity contribution in [1.29, 1.82) is 0 Å². The van der Waals surface area contributed by atoms with E-state index in [0.717, 1.165) is 11.8 Å². The Labute approximate surface area is 121 Å². The predicted octanol–water partition coefficient (Wildman–Crippen LogP) is 0.901. The summed E-state index contributed by atoms with van der Waals surface area (Å²) in [5.74, 6) is -0.180. The maximum absolute atomic E-state index is 10.9. The van der Waals surface area contributed by atoms with Gasteiger partial charge in [0.1, 0.15) is 6.10 Å². The summed E-state index contributed by atoms with van der Waals surface area (Å²) in [5, 5.41) is 23.4. The maximum atomic E-state index is 10.9. The monoisotopic (exact) mass is 290 g/mol. The number of aldehydes is 1. The Bertz CT molecular complexity index is 650. The highest BCUT2D eigenvalue weighted by Gasteiger charge is 2.19. The van der Waals surface area contributed by atoms with Crippen LogP contribution in [0.25, 0.3) is 10.9 Å². The maximum Gasteiger partial charge on any atom is 0.216 e. The number of aromatic amines is 1. The summed E-state index contributed by atoms with van der Waals surface area (Å²) in [6.45, 7) is 1.68. The fourth-order valence-electron chi connectivity index (χ4n) is 2.22. The van der Waals surface area contributed by atoms with Crippen LogP contribution in [0.3, 0.4) is 0 Å². The fourth-order valence-corrected chi connectivity index (χ4v) is 2.22. The molecule has 2 aromatic rings. The first-order valence-corrected chi connectivity index (χ1v) is 6.69. The molecule has 6 heteroatoms. The van der Waals surface area contributed by atoms with E-state index in [0.29, 0.717) is 23.1 Å². The van der Waals surface area contributed by atoms with Crippen LogP contribution in [0.4, 0.5) is 0 Å². The third kappa shape index (κ3) is 3.48. The van der Waals surface area contributed by atoms with E-state index in [4.69, 9.17) is 0 Å². The minimum absolute atomic E-state index is 0.180. The molecule has 0 aliphatic heterocycles. The van der Waals surface area contributed by atoms with Crippen molar-refractivity contribution in [2.24, 2.45) is 0 Å². The van der Waals surface area contributed by atoms with Gasteiger partial charge in [-0.25, -0.2) is 0 Å². The fraction of sp³-hybridized carbons (Fsp3) is 0.333. The number of aliphatic hydroxyl groups is 2. The van der Waals surface area contributed by atoms with Crippen LogP contribution in [0, 0.1) is 0 Å². The van der Waals surface area contributed by atoms with Gasteiger partial charge in [-0.05, 0) is 24.1 Å². The number of amides is 1. The zero-order chi connectivity index (χ0) is 15.4. The summed E-state index contributed by atoms with van der Waals surface area (Å²) in [7, 11) is 0. The molecule has 1 aromatic carbocycles. The molecule has 2 atom stereocenters. The van der Waals surface area contributed by atoms with Gasteiger partial charge in [0, 0.05) is 36.1 Å². The van der Waals surface area contributed by atoms with E-state index >= 15 is 0 Å². The minimum atomic E-state index is -1.07. The number of carbonyl (C=O) groups is 2. The number of aromatic nitrogens is 1. The summed E-state index contributed by atoms with van der Waals surface area (Å²) in [6.07, 6.45) is 0.515. The number of rotatable bonds is 6. The zero-order valence-electron chi connectivity index (χ0n) is 11.7. The van der Waals surface area contributed by atoms with Crippen LogP contribution in [-0.4, -0.2) is 40.0 Å². The lowest BCUT2D eigenvalue weighted by atomic mass is 10.00. The second-order valence-corrected chi connectivity index (χ2v) is 4.95. The van der Waals surface area contributed by atoms with Crippen LogP contribution < -0.4 is 5.32 Å². The summed E-state index contributed by atoms with van der Waals surface area (Å²) >= 11 is 0. The van der Waals surface area contributed by atoms with E-state index in [9.17, 15) is 19.8 Å². The number of hydrogen-bond donors (Lipinski definition) is 4. The highest BCUT2D eigenvalue weighted by atomic mass is 16.3. The molecule has 0 fully saturated rings. The molecule has 2 unspecified atom stereocenters. The topological polar surface area (TPSA) is 102 Å². The summed E-state index contributed by atoms with van der Waals surface area (Å²) < 4.78 is 0. The molecule has 0 radical (unpaired) electrons. The smallest absolute Gasteiger partial charge is 0.216 e. The van der Waals surface area contributed by atoms with E-state index in [1.165, 1.54) is 6.92 Å².